The maximum Gasteiger partial charge on any atom is 0.264 e. The maximum absolute atomic E-state index is 12.3. The van der Waals surface area contributed by atoms with Crippen LogP contribution in [0.4, 0.5) is 5.69 Å². The topological polar surface area (TPSA) is 99.9 Å². The van der Waals surface area contributed by atoms with Gasteiger partial charge >= 0.3 is 0 Å². The number of aromatic nitrogens is 1. The second-order valence-corrected chi connectivity index (χ2v) is 5.86. The molecule has 0 aliphatic rings. The number of carbonyl (C=O) groups is 1. The Morgan fingerprint density at radius 2 is 2.05 bits per heavy atom. The number of hydrogen-bond donors (Lipinski definition) is 1. The first kappa shape index (κ1) is 14.7. The molecule has 0 bridgehead atoms. The maximum atomic E-state index is 12.3. The fourth-order valence-electron chi connectivity index (χ4n) is 1.70. The molecular formula is C14H11N3O3S. The minimum Gasteiger partial charge on any atom is -0.295 e. The average molecular weight is 301 g/mol. The number of carbonyl (C=O) groups excluding carboxylic acids is 1. The quantitative estimate of drug-likeness (QED) is 0.870. The fraction of sp³-hybridized carbons (Fsp3) is 0.0714. The van der Waals surface area contributed by atoms with Gasteiger partial charge in [0.25, 0.3) is 10.0 Å². The molecule has 0 radical (unpaired) electrons. The normalized spacial score (nSPS) is 10.7. The Bertz CT molecular complexity index is 839. The van der Waals surface area contributed by atoms with Gasteiger partial charge in [-0.05, 0) is 31.2 Å². The van der Waals surface area contributed by atoms with Crippen molar-refractivity contribution in [2.45, 2.75) is 11.8 Å². The first-order chi connectivity index (χ1) is 9.94. The predicted octanol–water partition coefficient (Wildman–Crippen LogP) is 1.96. The Kier molecular flexibility index (Phi) is 4.00. The van der Waals surface area contributed by atoms with Crippen LogP contribution in [0, 0.1) is 11.3 Å². The van der Waals surface area contributed by atoms with Crippen molar-refractivity contribution in [1.29, 1.82) is 5.26 Å². The van der Waals surface area contributed by atoms with E-state index < -0.39 is 10.0 Å². The number of hydrogen-bond acceptors (Lipinski definition) is 5. The van der Waals surface area contributed by atoms with Crippen molar-refractivity contribution in [2.75, 3.05) is 4.72 Å². The molecule has 1 heterocycles. The van der Waals surface area contributed by atoms with Crippen molar-refractivity contribution in [2.24, 2.45) is 0 Å². The summed E-state index contributed by atoms with van der Waals surface area (Å²) < 4.78 is 26.9. The molecule has 0 aliphatic heterocycles. The molecule has 1 aromatic heterocycles. The number of benzene rings is 1. The lowest BCUT2D eigenvalue weighted by atomic mass is 10.1. The largest absolute Gasteiger partial charge is 0.295 e. The van der Waals surface area contributed by atoms with Crippen molar-refractivity contribution in [1.82, 2.24) is 4.98 Å². The van der Waals surface area contributed by atoms with Gasteiger partial charge in [-0.2, -0.15) is 5.26 Å². The van der Waals surface area contributed by atoms with Gasteiger partial charge in [0.2, 0.25) is 0 Å². The highest BCUT2D eigenvalue weighted by Gasteiger charge is 2.19. The van der Waals surface area contributed by atoms with E-state index in [0.717, 1.165) is 0 Å². The molecule has 106 valence electrons. The number of nitriles is 1. The molecule has 0 saturated carbocycles. The van der Waals surface area contributed by atoms with Crippen LogP contribution in [-0.2, 0) is 10.0 Å². The second kappa shape index (κ2) is 5.73. The van der Waals surface area contributed by atoms with Gasteiger partial charge in [-0.25, -0.2) is 13.4 Å². The van der Waals surface area contributed by atoms with Crippen molar-refractivity contribution in [3.63, 3.8) is 0 Å². The highest BCUT2D eigenvalue weighted by Crippen LogP contribution is 2.19. The van der Waals surface area contributed by atoms with Crippen LogP contribution in [-0.4, -0.2) is 19.2 Å². The lowest BCUT2D eigenvalue weighted by Crippen LogP contribution is -2.15. The van der Waals surface area contributed by atoms with Gasteiger partial charge in [-0.1, -0.05) is 12.1 Å². The number of ketones is 1. The molecule has 6 nitrogen and oxygen atoms in total. The number of anilines is 1. The van der Waals surface area contributed by atoms with Crippen LogP contribution in [0.1, 0.15) is 23.0 Å². The van der Waals surface area contributed by atoms with Gasteiger partial charge < -0.3 is 0 Å². The fourth-order valence-corrected chi connectivity index (χ4v) is 2.86. The van der Waals surface area contributed by atoms with Crippen LogP contribution in [0.25, 0.3) is 0 Å². The third-order valence-corrected chi connectivity index (χ3v) is 4.10. The molecule has 0 unspecified atom stereocenters. The van der Waals surface area contributed by atoms with Gasteiger partial charge in [0.15, 0.2) is 11.5 Å². The highest BCUT2D eigenvalue weighted by atomic mass is 32.2. The number of nitrogens with zero attached hydrogens (tertiary/aromatic N) is 2. The van der Waals surface area contributed by atoms with Crippen molar-refractivity contribution < 1.29 is 13.2 Å². The molecule has 1 N–H and O–H groups in total. The van der Waals surface area contributed by atoms with Crippen LogP contribution in [0.3, 0.4) is 0 Å². The molecule has 1 aromatic carbocycles. The van der Waals surface area contributed by atoms with E-state index in [1.165, 1.54) is 37.4 Å². The summed E-state index contributed by atoms with van der Waals surface area (Å²) in [5.41, 5.74) is 0.449. The van der Waals surface area contributed by atoms with E-state index in [9.17, 15) is 13.2 Å². The van der Waals surface area contributed by atoms with Gasteiger partial charge in [-0.15, -0.1) is 0 Å². The van der Waals surface area contributed by atoms with Gasteiger partial charge in [0, 0.05) is 17.4 Å². The summed E-state index contributed by atoms with van der Waals surface area (Å²) in [7, 11) is -3.94. The molecule has 0 atom stereocenters. The summed E-state index contributed by atoms with van der Waals surface area (Å²) in [6.45, 7) is 1.39. The van der Waals surface area contributed by atoms with Gasteiger partial charge in [0.1, 0.15) is 11.0 Å². The number of nitrogens with one attached hydrogen (secondary N) is 1. The Morgan fingerprint density at radius 1 is 1.29 bits per heavy atom. The van der Waals surface area contributed by atoms with Crippen molar-refractivity contribution in [3.8, 4) is 6.07 Å². The number of rotatable bonds is 4. The van der Waals surface area contributed by atoms with Crippen LogP contribution in [0.15, 0.2) is 47.5 Å². The molecule has 0 amide bonds. The zero-order valence-electron chi connectivity index (χ0n) is 11.1. The molecule has 21 heavy (non-hydrogen) atoms. The molecule has 7 heteroatoms. The number of pyridine rings is 1. The van der Waals surface area contributed by atoms with Crippen molar-refractivity contribution >= 4 is 21.5 Å². The van der Waals surface area contributed by atoms with Crippen LogP contribution in [0.5, 0.6) is 0 Å². The Morgan fingerprint density at radius 3 is 2.71 bits per heavy atom. The van der Waals surface area contributed by atoms with E-state index in [2.05, 4.69) is 9.71 Å². The monoisotopic (exact) mass is 301 g/mol. The summed E-state index contributed by atoms with van der Waals surface area (Å²) in [4.78, 5) is 14.8. The number of sulfonamides is 1. The average Bonchev–Trinajstić information content (AvgIpc) is 2.47. The summed E-state index contributed by atoms with van der Waals surface area (Å²) in [6, 6.07) is 10.6. The predicted molar refractivity (Wildman–Crippen MR) is 76.2 cm³/mol. The van der Waals surface area contributed by atoms with Crippen molar-refractivity contribution in [3.05, 3.63) is 53.9 Å². The van der Waals surface area contributed by atoms with Gasteiger partial charge in [0.05, 0.1) is 0 Å². The van der Waals surface area contributed by atoms with E-state index in [4.69, 9.17) is 5.26 Å². The molecule has 0 saturated heterocycles. The lowest BCUT2D eigenvalue weighted by molar-refractivity contribution is 0.101. The third-order valence-electron chi connectivity index (χ3n) is 2.69. The molecule has 2 aromatic rings. The zero-order chi connectivity index (χ0) is 15.5. The summed E-state index contributed by atoms with van der Waals surface area (Å²) >= 11 is 0. The number of Topliss-reactive ketones (excluding diaryl/α,β-unsaturated/α-hetero) is 1. The molecule has 0 fully saturated rings. The van der Waals surface area contributed by atoms with E-state index in [-0.39, 0.29) is 22.1 Å². The highest BCUT2D eigenvalue weighted by molar-refractivity contribution is 7.92. The van der Waals surface area contributed by atoms with E-state index in [1.54, 1.807) is 18.2 Å². The smallest absolute Gasteiger partial charge is 0.264 e. The summed E-state index contributed by atoms with van der Waals surface area (Å²) in [5.74, 6) is -0.171. The van der Waals surface area contributed by atoms with E-state index in [0.29, 0.717) is 5.56 Å². The van der Waals surface area contributed by atoms with Gasteiger partial charge in [-0.3, -0.25) is 9.52 Å². The first-order valence-corrected chi connectivity index (χ1v) is 7.41. The minimum atomic E-state index is -3.94. The molecule has 2 rings (SSSR count). The first-order valence-electron chi connectivity index (χ1n) is 5.93. The third kappa shape index (κ3) is 3.24. The van der Waals surface area contributed by atoms with Crippen LogP contribution in [0.2, 0.25) is 0 Å². The lowest BCUT2D eigenvalue weighted by Gasteiger charge is -2.09. The second-order valence-electron chi connectivity index (χ2n) is 4.20. The molecule has 0 spiro atoms. The molecular weight excluding hydrogens is 290 g/mol. The van der Waals surface area contributed by atoms with E-state index in [1.807, 2.05) is 0 Å². The standard InChI is InChI=1S/C14H11N3O3S/c1-10(18)11-4-2-5-12(8-11)17-21(19,20)14-6-3-7-16-13(14)9-15/h2-8,17H,1H3. The summed E-state index contributed by atoms with van der Waals surface area (Å²) in [6.07, 6.45) is 1.34. The van der Waals surface area contributed by atoms with Crippen LogP contribution >= 0.6 is 0 Å². The Balaban J connectivity index is 2.41. The Hall–Kier alpha value is -2.72. The van der Waals surface area contributed by atoms with Crippen LogP contribution < -0.4 is 4.72 Å². The summed E-state index contributed by atoms with van der Waals surface area (Å²) in [5, 5.41) is 8.92. The van der Waals surface area contributed by atoms with E-state index >= 15 is 0 Å². The molecule has 0 aliphatic carbocycles. The SMILES string of the molecule is CC(=O)c1cccc(NS(=O)(=O)c2cccnc2C#N)c1. The Labute approximate surface area is 122 Å². The minimum absolute atomic E-state index is 0.171. The zero-order valence-corrected chi connectivity index (χ0v) is 11.9.